The first-order valence-corrected chi connectivity index (χ1v) is 11.6. The summed E-state index contributed by atoms with van der Waals surface area (Å²) < 4.78 is 42.2. The summed E-state index contributed by atoms with van der Waals surface area (Å²) >= 11 is 1.07. The van der Waals surface area contributed by atoms with Gasteiger partial charge in [0.15, 0.2) is 18.1 Å². The van der Waals surface area contributed by atoms with Crippen LogP contribution in [0.25, 0.3) is 0 Å². The number of hydrogen-bond donors (Lipinski definition) is 2. The van der Waals surface area contributed by atoms with Gasteiger partial charge in [0.2, 0.25) is 10.0 Å². The lowest BCUT2D eigenvalue weighted by Crippen LogP contribution is -2.27. The molecule has 0 spiro atoms. The van der Waals surface area contributed by atoms with Crippen molar-refractivity contribution in [2.45, 2.75) is 24.5 Å². The third-order valence-electron chi connectivity index (χ3n) is 3.57. The second-order valence-corrected chi connectivity index (χ2v) is 8.76. The Labute approximate surface area is 179 Å². The van der Waals surface area contributed by atoms with Gasteiger partial charge < -0.3 is 19.5 Å². The number of nitrogens with one attached hydrogen (secondary N) is 2. The molecule has 0 unspecified atom stereocenters. The van der Waals surface area contributed by atoms with Crippen molar-refractivity contribution in [3.63, 3.8) is 0 Å². The summed E-state index contributed by atoms with van der Waals surface area (Å²) in [5.41, 5.74) is 0.464. The molecule has 1 aromatic heterocycles. The summed E-state index contributed by atoms with van der Waals surface area (Å²) in [6, 6.07) is 8.03. The van der Waals surface area contributed by atoms with Crippen molar-refractivity contribution >= 4 is 38.9 Å². The van der Waals surface area contributed by atoms with Crippen molar-refractivity contribution in [2.75, 3.05) is 31.7 Å². The van der Waals surface area contributed by atoms with E-state index in [1.54, 1.807) is 29.6 Å². The highest BCUT2D eigenvalue weighted by molar-refractivity contribution is 7.91. The van der Waals surface area contributed by atoms with E-state index in [0.717, 1.165) is 11.3 Å². The molecule has 2 N–H and O–H groups in total. The van der Waals surface area contributed by atoms with Crippen molar-refractivity contribution in [2.24, 2.45) is 0 Å². The lowest BCUT2D eigenvalue weighted by molar-refractivity contribution is -0.147. The molecule has 164 valence electrons. The van der Waals surface area contributed by atoms with Gasteiger partial charge in [-0.2, -0.15) is 0 Å². The standard InChI is InChI=1S/C19H24N2O7S2/c1-3-26-15-8-7-14(12-16(15)27-4-2)21-17(22)13-28-18(23)9-10-20-30(24,25)19-6-5-11-29-19/h5-8,11-12,20H,3-4,9-10,13H2,1-2H3,(H,21,22). The van der Waals surface area contributed by atoms with Crippen LogP contribution in [0.4, 0.5) is 5.69 Å². The van der Waals surface area contributed by atoms with E-state index < -0.39 is 28.5 Å². The van der Waals surface area contributed by atoms with Crippen molar-refractivity contribution in [3.8, 4) is 11.5 Å². The van der Waals surface area contributed by atoms with Crippen LogP contribution in [0, 0.1) is 0 Å². The number of hydrogen-bond acceptors (Lipinski definition) is 8. The fraction of sp³-hybridized carbons (Fsp3) is 0.368. The molecular formula is C19H24N2O7S2. The lowest BCUT2D eigenvalue weighted by Gasteiger charge is -2.13. The van der Waals surface area contributed by atoms with Crippen LogP contribution in [0.1, 0.15) is 20.3 Å². The molecule has 0 fully saturated rings. The first-order chi connectivity index (χ1) is 14.4. The zero-order valence-electron chi connectivity index (χ0n) is 16.7. The summed E-state index contributed by atoms with van der Waals surface area (Å²) in [4.78, 5) is 23.8. The third-order valence-corrected chi connectivity index (χ3v) is 6.43. The van der Waals surface area contributed by atoms with Crippen LogP contribution in [-0.2, 0) is 24.3 Å². The highest BCUT2D eigenvalue weighted by Gasteiger charge is 2.16. The maximum atomic E-state index is 12.0. The molecular weight excluding hydrogens is 432 g/mol. The van der Waals surface area contributed by atoms with Gasteiger partial charge >= 0.3 is 5.97 Å². The molecule has 1 heterocycles. The fourth-order valence-electron chi connectivity index (χ4n) is 2.32. The van der Waals surface area contributed by atoms with Gasteiger partial charge in [-0.05, 0) is 37.4 Å². The van der Waals surface area contributed by atoms with Crippen molar-refractivity contribution in [3.05, 3.63) is 35.7 Å². The first-order valence-electron chi connectivity index (χ1n) is 9.24. The van der Waals surface area contributed by atoms with Crippen LogP contribution in [0.3, 0.4) is 0 Å². The number of carbonyl (C=O) groups is 2. The molecule has 1 amide bonds. The van der Waals surface area contributed by atoms with Gasteiger partial charge in [0.1, 0.15) is 4.21 Å². The summed E-state index contributed by atoms with van der Waals surface area (Å²) in [5.74, 6) is -0.171. The second-order valence-electron chi connectivity index (χ2n) is 5.82. The zero-order chi connectivity index (χ0) is 22.0. The minimum absolute atomic E-state index is 0.128. The smallest absolute Gasteiger partial charge is 0.307 e. The number of sulfonamides is 1. The molecule has 0 aliphatic rings. The molecule has 0 atom stereocenters. The number of rotatable bonds is 12. The Bertz CT molecular complexity index is 944. The molecule has 30 heavy (non-hydrogen) atoms. The Morgan fingerprint density at radius 1 is 1.07 bits per heavy atom. The number of amides is 1. The van der Waals surface area contributed by atoms with Gasteiger partial charge in [0.25, 0.3) is 5.91 Å². The van der Waals surface area contributed by atoms with E-state index >= 15 is 0 Å². The second kappa shape index (κ2) is 11.5. The average Bonchev–Trinajstić information content (AvgIpc) is 3.24. The maximum Gasteiger partial charge on any atom is 0.307 e. The SMILES string of the molecule is CCOc1ccc(NC(=O)COC(=O)CCNS(=O)(=O)c2cccs2)cc1OCC. The molecule has 0 saturated heterocycles. The zero-order valence-corrected chi connectivity index (χ0v) is 18.3. The van der Waals surface area contributed by atoms with Crippen molar-refractivity contribution < 1.29 is 32.2 Å². The van der Waals surface area contributed by atoms with Crippen molar-refractivity contribution in [1.29, 1.82) is 0 Å². The van der Waals surface area contributed by atoms with Gasteiger partial charge in [-0.15, -0.1) is 11.3 Å². The Morgan fingerprint density at radius 3 is 2.47 bits per heavy atom. The number of benzene rings is 1. The van der Waals surface area contributed by atoms with Gasteiger partial charge in [-0.1, -0.05) is 6.07 Å². The summed E-state index contributed by atoms with van der Waals surface area (Å²) in [6.45, 7) is 3.98. The van der Waals surface area contributed by atoms with Crippen LogP contribution in [0.2, 0.25) is 0 Å². The van der Waals surface area contributed by atoms with E-state index in [1.807, 2.05) is 13.8 Å². The number of carbonyl (C=O) groups excluding carboxylic acids is 2. The fourth-order valence-corrected chi connectivity index (χ4v) is 4.39. The molecule has 0 aliphatic heterocycles. The average molecular weight is 457 g/mol. The lowest BCUT2D eigenvalue weighted by atomic mass is 10.2. The van der Waals surface area contributed by atoms with Gasteiger partial charge in [-0.25, -0.2) is 13.1 Å². The molecule has 1 aromatic carbocycles. The number of ether oxygens (including phenoxy) is 3. The molecule has 0 aliphatic carbocycles. The molecule has 2 rings (SSSR count). The summed E-state index contributed by atoms with van der Waals surface area (Å²) in [5, 5.41) is 4.24. The highest BCUT2D eigenvalue weighted by atomic mass is 32.2. The van der Waals surface area contributed by atoms with Gasteiger partial charge in [-0.3, -0.25) is 9.59 Å². The number of esters is 1. The summed E-state index contributed by atoms with van der Waals surface area (Å²) in [7, 11) is -3.64. The minimum Gasteiger partial charge on any atom is -0.490 e. The normalized spacial score (nSPS) is 11.0. The van der Waals surface area contributed by atoms with Crippen LogP contribution >= 0.6 is 11.3 Å². The molecule has 9 nitrogen and oxygen atoms in total. The third kappa shape index (κ3) is 7.32. The Kier molecular flexibility index (Phi) is 9.09. The molecule has 11 heteroatoms. The number of thiophene rings is 1. The van der Waals surface area contributed by atoms with E-state index in [-0.39, 0.29) is 17.2 Å². The van der Waals surface area contributed by atoms with E-state index in [9.17, 15) is 18.0 Å². The van der Waals surface area contributed by atoms with Crippen LogP contribution in [0.5, 0.6) is 11.5 Å². The monoisotopic (exact) mass is 456 g/mol. The van der Waals surface area contributed by atoms with Crippen LogP contribution in [0.15, 0.2) is 39.9 Å². The predicted molar refractivity (Wildman–Crippen MR) is 112 cm³/mol. The highest BCUT2D eigenvalue weighted by Crippen LogP contribution is 2.30. The van der Waals surface area contributed by atoms with E-state index in [1.165, 1.54) is 6.07 Å². The predicted octanol–water partition coefficient (Wildman–Crippen LogP) is 2.40. The maximum absolute atomic E-state index is 12.0. The minimum atomic E-state index is -3.64. The van der Waals surface area contributed by atoms with E-state index in [2.05, 4.69) is 10.0 Å². The quantitative estimate of drug-likeness (QED) is 0.471. The number of anilines is 1. The van der Waals surface area contributed by atoms with Crippen LogP contribution in [-0.4, -0.2) is 46.7 Å². The molecule has 0 bridgehead atoms. The van der Waals surface area contributed by atoms with Crippen molar-refractivity contribution in [1.82, 2.24) is 4.72 Å². The van der Waals surface area contributed by atoms with Gasteiger partial charge in [0, 0.05) is 18.3 Å². The molecule has 0 radical (unpaired) electrons. The largest absolute Gasteiger partial charge is 0.490 e. The van der Waals surface area contributed by atoms with Crippen LogP contribution < -0.4 is 19.5 Å². The topological polar surface area (TPSA) is 120 Å². The molecule has 0 saturated carbocycles. The Balaban J connectivity index is 1.77. The van der Waals surface area contributed by atoms with E-state index in [4.69, 9.17) is 14.2 Å². The Morgan fingerprint density at radius 2 is 1.80 bits per heavy atom. The first kappa shape index (κ1) is 23.6. The van der Waals surface area contributed by atoms with Gasteiger partial charge in [0.05, 0.1) is 19.6 Å². The summed E-state index contributed by atoms with van der Waals surface area (Å²) in [6.07, 6.45) is -0.199. The Hall–Kier alpha value is -2.63. The molecule has 2 aromatic rings. The van der Waals surface area contributed by atoms with E-state index in [0.29, 0.717) is 30.4 Å².